The lowest BCUT2D eigenvalue weighted by molar-refractivity contribution is -0.137. The molecule has 0 aliphatic heterocycles. The third-order valence-corrected chi connectivity index (χ3v) is 4.06. The van der Waals surface area contributed by atoms with E-state index in [0.717, 1.165) is 12.1 Å². The van der Waals surface area contributed by atoms with Crippen LogP contribution in [0.3, 0.4) is 0 Å². The number of sulfonamides is 1. The summed E-state index contributed by atoms with van der Waals surface area (Å²) in [5.74, 6) is 0. The van der Waals surface area contributed by atoms with Gasteiger partial charge in [0.2, 0.25) is 10.0 Å². The fourth-order valence-corrected chi connectivity index (χ4v) is 2.88. The molecule has 0 atom stereocenters. The number of benzene rings is 2. The van der Waals surface area contributed by atoms with Crippen molar-refractivity contribution in [1.29, 1.82) is 0 Å². The molecule has 0 saturated heterocycles. The third-order valence-electron chi connectivity index (χ3n) is 3.01. The molecule has 0 fully saturated rings. The van der Waals surface area contributed by atoms with Crippen LogP contribution in [0, 0.1) is 6.92 Å². The number of primary sulfonamides is 1. The minimum absolute atomic E-state index is 0.0375. The van der Waals surface area contributed by atoms with E-state index in [2.05, 4.69) is 0 Å². The second kappa shape index (κ2) is 5.16. The lowest BCUT2D eigenvalue weighted by Gasteiger charge is -2.16. The lowest BCUT2D eigenvalue weighted by atomic mass is 9.97. The molecule has 0 heterocycles. The van der Waals surface area contributed by atoms with E-state index in [9.17, 15) is 21.6 Å². The molecule has 0 saturated carbocycles. The van der Waals surface area contributed by atoms with E-state index in [1.54, 1.807) is 18.2 Å². The van der Waals surface area contributed by atoms with Gasteiger partial charge in [0.1, 0.15) is 0 Å². The van der Waals surface area contributed by atoms with E-state index in [1.165, 1.54) is 19.1 Å². The zero-order valence-electron chi connectivity index (χ0n) is 11.0. The number of nitrogens with two attached hydrogens (primary N) is 1. The van der Waals surface area contributed by atoms with Gasteiger partial charge in [-0.05, 0) is 35.7 Å². The summed E-state index contributed by atoms with van der Waals surface area (Å²) in [6, 6.07) is 9.55. The van der Waals surface area contributed by atoms with Gasteiger partial charge in [-0.15, -0.1) is 0 Å². The lowest BCUT2D eigenvalue weighted by Crippen LogP contribution is -2.16. The normalized spacial score (nSPS) is 12.4. The summed E-state index contributed by atoms with van der Waals surface area (Å²) in [4.78, 5) is -0.311. The fourth-order valence-electron chi connectivity index (χ4n) is 2.09. The highest BCUT2D eigenvalue weighted by Gasteiger charge is 2.35. The van der Waals surface area contributed by atoms with Gasteiger partial charge in [-0.2, -0.15) is 13.2 Å². The van der Waals surface area contributed by atoms with Crippen LogP contribution in [0.25, 0.3) is 11.1 Å². The maximum atomic E-state index is 13.2. The van der Waals surface area contributed by atoms with Crippen molar-refractivity contribution in [3.63, 3.8) is 0 Å². The largest absolute Gasteiger partial charge is 0.417 e. The molecule has 2 N–H and O–H groups in total. The Bertz CT molecular complexity index is 769. The summed E-state index contributed by atoms with van der Waals surface area (Å²) in [5, 5.41) is 5.05. The average molecular weight is 315 g/mol. The van der Waals surface area contributed by atoms with Crippen molar-refractivity contribution in [2.45, 2.75) is 18.0 Å². The van der Waals surface area contributed by atoms with Crippen LogP contribution in [-0.4, -0.2) is 8.42 Å². The first-order valence-corrected chi connectivity index (χ1v) is 7.45. The Morgan fingerprint density at radius 1 is 1.05 bits per heavy atom. The van der Waals surface area contributed by atoms with E-state index >= 15 is 0 Å². The smallest absolute Gasteiger partial charge is 0.225 e. The highest BCUT2D eigenvalue weighted by atomic mass is 32.2. The number of rotatable bonds is 2. The van der Waals surface area contributed by atoms with Crippen LogP contribution < -0.4 is 5.14 Å². The summed E-state index contributed by atoms with van der Waals surface area (Å²) in [5.41, 5.74) is -0.865. The van der Waals surface area contributed by atoms with Crippen molar-refractivity contribution in [3.05, 3.63) is 53.6 Å². The van der Waals surface area contributed by atoms with Gasteiger partial charge in [-0.25, -0.2) is 13.6 Å². The predicted octanol–water partition coefficient (Wildman–Crippen LogP) is 3.33. The van der Waals surface area contributed by atoms with Gasteiger partial charge < -0.3 is 0 Å². The quantitative estimate of drug-likeness (QED) is 0.924. The van der Waals surface area contributed by atoms with Crippen LogP contribution in [0.1, 0.15) is 11.1 Å². The van der Waals surface area contributed by atoms with Crippen molar-refractivity contribution in [2.75, 3.05) is 0 Å². The van der Waals surface area contributed by atoms with Gasteiger partial charge in [0.05, 0.1) is 10.5 Å². The molecule has 0 amide bonds. The van der Waals surface area contributed by atoms with Crippen LogP contribution in [0.2, 0.25) is 0 Å². The van der Waals surface area contributed by atoms with Crippen LogP contribution in [0.4, 0.5) is 13.2 Å². The Kier molecular flexibility index (Phi) is 3.81. The Hall–Kier alpha value is -1.86. The van der Waals surface area contributed by atoms with Crippen LogP contribution in [0.15, 0.2) is 47.4 Å². The molecule has 0 aliphatic rings. The Morgan fingerprint density at radius 3 is 2.10 bits per heavy atom. The zero-order chi connectivity index (χ0) is 15.8. The highest BCUT2D eigenvalue weighted by Crippen LogP contribution is 2.39. The van der Waals surface area contributed by atoms with Gasteiger partial charge in [-0.1, -0.05) is 30.3 Å². The molecule has 0 radical (unpaired) electrons. The Labute approximate surface area is 120 Å². The third kappa shape index (κ3) is 3.25. The molecular formula is C14H12F3NO2S. The van der Waals surface area contributed by atoms with Crippen LogP contribution in [-0.2, 0) is 16.2 Å². The second-order valence-electron chi connectivity index (χ2n) is 4.57. The maximum Gasteiger partial charge on any atom is 0.417 e. The molecule has 0 aromatic heterocycles. The van der Waals surface area contributed by atoms with E-state index in [4.69, 9.17) is 5.14 Å². The SMILES string of the molecule is Cc1cc(C(F)(F)F)c(-c2ccccc2)cc1S(N)(=O)=O. The van der Waals surface area contributed by atoms with E-state index in [0.29, 0.717) is 0 Å². The van der Waals surface area contributed by atoms with Crippen molar-refractivity contribution < 1.29 is 21.6 Å². The minimum Gasteiger partial charge on any atom is -0.225 e. The number of aryl methyl sites for hydroxylation is 1. The molecule has 112 valence electrons. The average Bonchev–Trinajstić information content (AvgIpc) is 2.37. The zero-order valence-corrected chi connectivity index (χ0v) is 11.8. The van der Waals surface area contributed by atoms with Crippen molar-refractivity contribution in [1.82, 2.24) is 0 Å². The summed E-state index contributed by atoms with van der Waals surface area (Å²) in [6.45, 7) is 1.28. The molecule has 7 heteroatoms. The van der Waals surface area contributed by atoms with Gasteiger partial charge in [0.15, 0.2) is 0 Å². The number of alkyl halides is 3. The fraction of sp³-hybridized carbons (Fsp3) is 0.143. The van der Waals surface area contributed by atoms with E-state index < -0.39 is 21.8 Å². The first-order valence-electron chi connectivity index (χ1n) is 5.91. The van der Waals surface area contributed by atoms with Crippen molar-refractivity contribution >= 4 is 10.0 Å². The van der Waals surface area contributed by atoms with Crippen molar-refractivity contribution in [3.8, 4) is 11.1 Å². The molecular weight excluding hydrogens is 303 g/mol. The van der Waals surface area contributed by atoms with Crippen LogP contribution in [0.5, 0.6) is 0 Å². The minimum atomic E-state index is -4.59. The number of hydrogen-bond donors (Lipinski definition) is 1. The highest BCUT2D eigenvalue weighted by molar-refractivity contribution is 7.89. The molecule has 2 rings (SSSR count). The molecule has 2 aromatic carbocycles. The van der Waals surface area contributed by atoms with E-state index in [1.807, 2.05) is 0 Å². The van der Waals surface area contributed by atoms with Crippen molar-refractivity contribution in [2.24, 2.45) is 5.14 Å². The first-order chi connectivity index (χ1) is 9.60. The predicted molar refractivity (Wildman–Crippen MR) is 73.0 cm³/mol. The molecule has 2 aromatic rings. The van der Waals surface area contributed by atoms with Crippen LogP contribution >= 0.6 is 0 Å². The summed E-state index contributed by atoms with van der Waals surface area (Å²) < 4.78 is 62.5. The summed E-state index contributed by atoms with van der Waals surface area (Å²) in [7, 11) is -4.09. The second-order valence-corrected chi connectivity index (χ2v) is 6.10. The first kappa shape index (κ1) is 15.5. The molecule has 0 bridgehead atoms. The maximum absolute atomic E-state index is 13.2. The number of hydrogen-bond acceptors (Lipinski definition) is 2. The molecule has 0 unspecified atom stereocenters. The Morgan fingerprint density at radius 2 is 1.62 bits per heavy atom. The standard InChI is InChI=1S/C14H12F3NO2S/c1-9-7-12(14(15,16)17)11(8-13(9)21(18,19)20)10-5-3-2-4-6-10/h2-8H,1H3,(H2,18,19,20). The molecule has 21 heavy (non-hydrogen) atoms. The monoisotopic (exact) mass is 315 g/mol. The van der Waals surface area contributed by atoms with E-state index in [-0.39, 0.29) is 21.6 Å². The summed E-state index contributed by atoms with van der Waals surface area (Å²) in [6.07, 6.45) is -4.59. The van der Waals surface area contributed by atoms with Gasteiger partial charge >= 0.3 is 6.18 Å². The summed E-state index contributed by atoms with van der Waals surface area (Å²) >= 11 is 0. The molecule has 0 spiro atoms. The Balaban J connectivity index is 2.83. The molecule has 3 nitrogen and oxygen atoms in total. The molecule has 0 aliphatic carbocycles. The van der Waals surface area contributed by atoms with Gasteiger partial charge in [-0.3, -0.25) is 0 Å². The topological polar surface area (TPSA) is 60.2 Å². The number of halogens is 3. The van der Waals surface area contributed by atoms with Gasteiger partial charge in [0.25, 0.3) is 0 Å². The van der Waals surface area contributed by atoms with Gasteiger partial charge in [0, 0.05) is 0 Å².